The Morgan fingerprint density at radius 2 is 1.66 bits per heavy atom. The van der Waals surface area contributed by atoms with Gasteiger partial charge in [0.15, 0.2) is 11.5 Å². The van der Waals surface area contributed by atoms with Gasteiger partial charge < -0.3 is 25.8 Å². The number of para-hydroxylation sites is 1. The number of nitrogens with one attached hydrogen (secondary N) is 2. The second kappa shape index (κ2) is 9.47. The molecule has 0 radical (unpaired) electrons. The van der Waals surface area contributed by atoms with E-state index in [-0.39, 0.29) is 25.2 Å². The highest BCUT2D eigenvalue weighted by atomic mass is 16.7. The number of rotatable bonds is 6. The van der Waals surface area contributed by atoms with Crippen molar-refractivity contribution in [3.05, 3.63) is 83.4 Å². The minimum atomic E-state index is -0.583. The lowest BCUT2D eigenvalue weighted by Gasteiger charge is -2.34. The lowest BCUT2D eigenvalue weighted by molar-refractivity contribution is -0.125. The molecule has 2 aliphatic rings. The SMILES string of the molecule is NC(=O)C1Cc2ccccc2CN1CC(=O)Nc1ccccc1C(=O)Nc1ccc2c(c1)OCO2. The summed E-state index contributed by atoms with van der Waals surface area (Å²) in [7, 11) is 0. The van der Waals surface area contributed by atoms with E-state index in [0.717, 1.165) is 11.1 Å². The Morgan fingerprint density at radius 1 is 0.914 bits per heavy atom. The van der Waals surface area contributed by atoms with Gasteiger partial charge in [0, 0.05) is 18.3 Å². The summed E-state index contributed by atoms with van der Waals surface area (Å²) in [6.07, 6.45) is 0.452. The van der Waals surface area contributed by atoms with E-state index in [1.54, 1.807) is 47.4 Å². The summed E-state index contributed by atoms with van der Waals surface area (Å²) in [5, 5.41) is 5.63. The predicted octanol–water partition coefficient (Wildman–Crippen LogP) is 2.52. The van der Waals surface area contributed by atoms with Crippen molar-refractivity contribution in [1.82, 2.24) is 4.90 Å². The van der Waals surface area contributed by atoms with Crippen LogP contribution in [-0.4, -0.2) is 42.0 Å². The summed E-state index contributed by atoms with van der Waals surface area (Å²) >= 11 is 0. The van der Waals surface area contributed by atoms with Crippen LogP contribution in [0.1, 0.15) is 21.5 Å². The first-order valence-corrected chi connectivity index (χ1v) is 11.2. The third-order valence-electron chi connectivity index (χ3n) is 6.10. The molecule has 0 saturated heterocycles. The third-order valence-corrected chi connectivity index (χ3v) is 6.10. The molecule has 3 aromatic rings. The largest absolute Gasteiger partial charge is 0.454 e. The zero-order valence-corrected chi connectivity index (χ0v) is 18.8. The first kappa shape index (κ1) is 22.4. The number of hydrogen-bond acceptors (Lipinski definition) is 6. The highest BCUT2D eigenvalue weighted by Gasteiger charge is 2.31. The molecule has 3 aromatic carbocycles. The molecule has 0 spiro atoms. The fraction of sp³-hybridized carbons (Fsp3) is 0.192. The minimum absolute atomic E-state index is 0.0416. The van der Waals surface area contributed by atoms with Gasteiger partial charge in [-0.05, 0) is 41.8 Å². The number of amides is 3. The number of nitrogens with zero attached hydrogens (tertiary/aromatic N) is 1. The van der Waals surface area contributed by atoms with Crippen molar-refractivity contribution in [2.75, 3.05) is 24.0 Å². The summed E-state index contributed by atoms with van der Waals surface area (Å²) < 4.78 is 10.6. The Labute approximate surface area is 201 Å². The molecule has 1 atom stereocenters. The molecule has 2 heterocycles. The van der Waals surface area contributed by atoms with Crippen LogP contribution in [0, 0.1) is 0 Å². The normalized spacial score (nSPS) is 16.3. The van der Waals surface area contributed by atoms with Gasteiger partial charge in [0.2, 0.25) is 18.6 Å². The number of primary amides is 1. The summed E-state index contributed by atoms with van der Waals surface area (Å²) in [6.45, 7) is 0.532. The molecule has 178 valence electrons. The molecular weight excluding hydrogens is 448 g/mol. The van der Waals surface area contributed by atoms with Gasteiger partial charge in [-0.15, -0.1) is 0 Å². The van der Waals surface area contributed by atoms with Gasteiger partial charge in [-0.3, -0.25) is 19.3 Å². The van der Waals surface area contributed by atoms with Crippen LogP contribution in [0.2, 0.25) is 0 Å². The summed E-state index contributed by atoms with van der Waals surface area (Å²) in [4.78, 5) is 39.8. The molecular formula is C26H24N4O5. The number of fused-ring (bicyclic) bond motifs is 2. The quantitative estimate of drug-likeness (QED) is 0.507. The maximum atomic E-state index is 13.0. The van der Waals surface area contributed by atoms with E-state index in [9.17, 15) is 14.4 Å². The van der Waals surface area contributed by atoms with Crippen molar-refractivity contribution in [2.24, 2.45) is 5.73 Å². The number of benzene rings is 3. The van der Waals surface area contributed by atoms with E-state index >= 15 is 0 Å². The van der Waals surface area contributed by atoms with Crippen molar-refractivity contribution >= 4 is 29.1 Å². The van der Waals surface area contributed by atoms with E-state index in [1.807, 2.05) is 24.3 Å². The van der Waals surface area contributed by atoms with Crippen molar-refractivity contribution in [3.63, 3.8) is 0 Å². The maximum Gasteiger partial charge on any atom is 0.257 e. The van der Waals surface area contributed by atoms with Gasteiger partial charge in [-0.1, -0.05) is 36.4 Å². The third kappa shape index (κ3) is 4.80. The molecule has 4 N–H and O–H groups in total. The van der Waals surface area contributed by atoms with Crippen molar-refractivity contribution in [2.45, 2.75) is 19.0 Å². The lowest BCUT2D eigenvalue weighted by atomic mass is 9.93. The Morgan fingerprint density at radius 3 is 2.49 bits per heavy atom. The van der Waals surface area contributed by atoms with Crippen molar-refractivity contribution < 1.29 is 23.9 Å². The fourth-order valence-electron chi connectivity index (χ4n) is 4.36. The molecule has 5 rings (SSSR count). The van der Waals surface area contributed by atoms with Crippen molar-refractivity contribution in [1.29, 1.82) is 0 Å². The van der Waals surface area contributed by atoms with E-state index in [2.05, 4.69) is 10.6 Å². The number of ether oxygens (including phenoxy) is 2. The highest BCUT2D eigenvalue weighted by Crippen LogP contribution is 2.34. The molecule has 0 aliphatic carbocycles. The molecule has 0 aromatic heterocycles. The van der Waals surface area contributed by atoms with Gasteiger partial charge in [-0.25, -0.2) is 0 Å². The van der Waals surface area contributed by atoms with Crippen LogP contribution in [0.15, 0.2) is 66.7 Å². The van der Waals surface area contributed by atoms with Crippen molar-refractivity contribution in [3.8, 4) is 11.5 Å². The Bertz CT molecular complexity index is 1310. The molecule has 2 aliphatic heterocycles. The summed E-state index contributed by atoms with van der Waals surface area (Å²) in [5.74, 6) is -0.0433. The monoisotopic (exact) mass is 472 g/mol. The van der Waals surface area contributed by atoms with Crippen LogP contribution < -0.4 is 25.8 Å². The van der Waals surface area contributed by atoms with Gasteiger partial charge >= 0.3 is 0 Å². The molecule has 1 unspecified atom stereocenters. The van der Waals surface area contributed by atoms with E-state index < -0.39 is 11.9 Å². The van der Waals surface area contributed by atoms with Gasteiger partial charge in [0.1, 0.15) is 0 Å². The van der Waals surface area contributed by atoms with Crippen LogP contribution in [0.25, 0.3) is 0 Å². The first-order valence-electron chi connectivity index (χ1n) is 11.2. The van der Waals surface area contributed by atoms with Crippen LogP contribution in [0.5, 0.6) is 11.5 Å². The number of anilines is 2. The average Bonchev–Trinajstić information content (AvgIpc) is 3.31. The molecule has 9 nitrogen and oxygen atoms in total. The van der Waals surface area contributed by atoms with Crippen LogP contribution in [0.3, 0.4) is 0 Å². The number of carbonyl (C=O) groups excluding carboxylic acids is 3. The smallest absolute Gasteiger partial charge is 0.257 e. The second-order valence-electron chi connectivity index (χ2n) is 8.41. The number of nitrogens with two attached hydrogens (primary N) is 1. The summed E-state index contributed by atoms with van der Waals surface area (Å²) in [6, 6.07) is 19.1. The van der Waals surface area contributed by atoms with Crippen LogP contribution in [-0.2, 0) is 22.6 Å². The Hall–Kier alpha value is -4.37. The number of carbonyl (C=O) groups is 3. The van der Waals surface area contributed by atoms with Crippen LogP contribution in [0.4, 0.5) is 11.4 Å². The highest BCUT2D eigenvalue weighted by molar-refractivity contribution is 6.10. The standard InChI is InChI=1S/C26H24N4O5/c27-25(32)21-11-16-5-1-2-6-17(16)13-30(21)14-24(31)29-20-8-4-3-7-19(20)26(33)28-18-9-10-22-23(12-18)35-15-34-22/h1-10,12,21H,11,13-15H2,(H2,27,32)(H,28,33)(H,29,31). The topological polar surface area (TPSA) is 123 Å². The molecule has 0 bridgehead atoms. The molecule has 0 fully saturated rings. The van der Waals surface area contributed by atoms with E-state index in [4.69, 9.17) is 15.2 Å². The second-order valence-corrected chi connectivity index (χ2v) is 8.41. The van der Waals surface area contributed by atoms with Gasteiger partial charge in [-0.2, -0.15) is 0 Å². The number of hydrogen-bond donors (Lipinski definition) is 3. The summed E-state index contributed by atoms with van der Waals surface area (Å²) in [5.41, 5.74) is 8.95. The zero-order chi connectivity index (χ0) is 24.4. The van der Waals surface area contributed by atoms with Gasteiger partial charge in [0.05, 0.1) is 23.8 Å². The van der Waals surface area contributed by atoms with Crippen LogP contribution >= 0.6 is 0 Å². The lowest BCUT2D eigenvalue weighted by Crippen LogP contribution is -2.51. The Balaban J connectivity index is 1.29. The first-order chi connectivity index (χ1) is 17.0. The molecule has 0 saturated carbocycles. The zero-order valence-electron chi connectivity index (χ0n) is 18.8. The van der Waals surface area contributed by atoms with E-state index in [1.165, 1.54) is 0 Å². The Kier molecular flexibility index (Phi) is 6.07. The molecule has 3 amide bonds. The predicted molar refractivity (Wildman–Crippen MR) is 129 cm³/mol. The fourth-order valence-corrected chi connectivity index (χ4v) is 4.36. The molecule has 35 heavy (non-hydrogen) atoms. The average molecular weight is 473 g/mol. The molecule has 9 heteroatoms. The van der Waals surface area contributed by atoms with E-state index in [0.29, 0.717) is 41.4 Å². The minimum Gasteiger partial charge on any atom is -0.454 e. The maximum absolute atomic E-state index is 13.0. The van der Waals surface area contributed by atoms with Gasteiger partial charge in [0.25, 0.3) is 5.91 Å².